The normalized spacial score (nSPS) is 19.5. The van der Waals surface area contributed by atoms with Gasteiger partial charge >= 0.3 is 0 Å². The molecule has 1 atom stereocenters. The maximum absolute atomic E-state index is 12.3. The second-order valence-corrected chi connectivity index (χ2v) is 5.47. The van der Waals surface area contributed by atoms with Gasteiger partial charge in [0.1, 0.15) is 0 Å². The Kier molecular flexibility index (Phi) is 5.23. The van der Waals surface area contributed by atoms with Crippen LogP contribution < -0.4 is 5.73 Å². The van der Waals surface area contributed by atoms with Crippen LogP contribution >= 0.6 is 11.6 Å². The third-order valence-corrected chi connectivity index (χ3v) is 4.15. The predicted molar refractivity (Wildman–Crippen MR) is 78.2 cm³/mol. The summed E-state index contributed by atoms with van der Waals surface area (Å²) in [4.78, 5) is 14.2. The summed E-state index contributed by atoms with van der Waals surface area (Å²) in [6.07, 6.45) is 4.52. The Bertz CT molecular complexity index is 436. The van der Waals surface area contributed by atoms with Gasteiger partial charge in [0.2, 0.25) is 5.91 Å². The molecule has 19 heavy (non-hydrogen) atoms. The first-order valence-electron chi connectivity index (χ1n) is 6.95. The number of nitrogens with zero attached hydrogens (tertiary/aromatic N) is 1. The van der Waals surface area contributed by atoms with E-state index in [4.69, 9.17) is 17.3 Å². The lowest BCUT2D eigenvalue weighted by molar-refractivity contribution is -0.134. The van der Waals surface area contributed by atoms with E-state index < -0.39 is 0 Å². The second kappa shape index (κ2) is 6.92. The van der Waals surface area contributed by atoms with Crippen LogP contribution in [0.1, 0.15) is 31.2 Å². The first kappa shape index (κ1) is 14.4. The fourth-order valence-electron chi connectivity index (χ4n) is 2.66. The van der Waals surface area contributed by atoms with Crippen LogP contribution in [0.15, 0.2) is 24.3 Å². The van der Waals surface area contributed by atoms with E-state index >= 15 is 0 Å². The Morgan fingerprint density at radius 1 is 1.37 bits per heavy atom. The van der Waals surface area contributed by atoms with Gasteiger partial charge in [-0.1, -0.05) is 29.8 Å². The Labute approximate surface area is 119 Å². The molecule has 1 unspecified atom stereocenters. The number of aryl methyl sites for hydroxylation is 1. The van der Waals surface area contributed by atoms with E-state index in [1.54, 1.807) is 0 Å². The highest BCUT2D eigenvalue weighted by Crippen LogP contribution is 2.20. The number of amides is 1. The van der Waals surface area contributed by atoms with E-state index in [9.17, 15) is 4.79 Å². The number of halogens is 1. The van der Waals surface area contributed by atoms with E-state index in [1.165, 1.54) is 6.42 Å². The van der Waals surface area contributed by atoms with Gasteiger partial charge in [-0.15, -0.1) is 0 Å². The van der Waals surface area contributed by atoms with Crippen LogP contribution in [0.4, 0.5) is 0 Å². The number of carbonyl (C=O) groups is 1. The molecule has 0 radical (unpaired) electrons. The molecular formula is C15H21ClN2O. The molecule has 1 aromatic carbocycles. The fourth-order valence-corrected chi connectivity index (χ4v) is 2.89. The summed E-state index contributed by atoms with van der Waals surface area (Å²) in [7, 11) is 0. The van der Waals surface area contributed by atoms with Crippen LogP contribution in [0.25, 0.3) is 0 Å². The molecule has 0 bridgehead atoms. The quantitative estimate of drug-likeness (QED) is 0.921. The highest BCUT2D eigenvalue weighted by Gasteiger charge is 2.25. The van der Waals surface area contributed by atoms with Gasteiger partial charge in [0.25, 0.3) is 0 Å². The first-order valence-corrected chi connectivity index (χ1v) is 7.33. The molecule has 104 valence electrons. The maximum Gasteiger partial charge on any atom is 0.223 e. The van der Waals surface area contributed by atoms with Crippen LogP contribution in [-0.2, 0) is 11.2 Å². The highest BCUT2D eigenvalue weighted by molar-refractivity contribution is 6.31. The van der Waals surface area contributed by atoms with Crippen LogP contribution in [0.2, 0.25) is 5.02 Å². The summed E-state index contributed by atoms with van der Waals surface area (Å²) < 4.78 is 0. The van der Waals surface area contributed by atoms with Gasteiger partial charge in [-0.25, -0.2) is 0 Å². The predicted octanol–water partition coefficient (Wildman–Crippen LogP) is 2.61. The van der Waals surface area contributed by atoms with Crippen molar-refractivity contribution < 1.29 is 4.79 Å². The summed E-state index contributed by atoms with van der Waals surface area (Å²) in [5.74, 6) is 0.204. The van der Waals surface area contributed by atoms with Gasteiger partial charge in [-0.2, -0.15) is 0 Å². The molecule has 0 spiro atoms. The minimum Gasteiger partial charge on any atom is -0.338 e. The summed E-state index contributed by atoms with van der Waals surface area (Å²) >= 11 is 6.10. The molecule has 1 heterocycles. The molecule has 1 fully saturated rings. The van der Waals surface area contributed by atoms with Crippen molar-refractivity contribution in [3.63, 3.8) is 0 Å². The molecule has 0 aromatic heterocycles. The molecule has 2 N–H and O–H groups in total. The third-order valence-electron chi connectivity index (χ3n) is 3.79. The second-order valence-electron chi connectivity index (χ2n) is 5.06. The van der Waals surface area contributed by atoms with Crippen molar-refractivity contribution in [3.05, 3.63) is 34.9 Å². The zero-order valence-corrected chi connectivity index (χ0v) is 11.9. The van der Waals surface area contributed by atoms with Crippen LogP contribution in [0.5, 0.6) is 0 Å². The van der Waals surface area contributed by atoms with Gasteiger partial charge in [-0.05, 0) is 37.3 Å². The lowest BCUT2D eigenvalue weighted by Crippen LogP contribution is -2.47. The Hall–Kier alpha value is -1.06. The summed E-state index contributed by atoms with van der Waals surface area (Å²) in [6, 6.07) is 7.93. The lowest BCUT2D eigenvalue weighted by atomic mass is 10.0. The smallest absolute Gasteiger partial charge is 0.223 e. The van der Waals surface area contributed by atoms with Crippen molar-refractivity contribution in [2.24, 2.45) is 5.73 Å². The number of hydrogen-bond acceptors (Lipinski definition) is 2. The van der Waals surface area contributed by atoms with Gasteiger partial charge in [0, 0.05) is 30.6 Å². The summed E-state index contributed by atoms with van der Waals surface area (Å²) in [6.45, 7) is 1.42. The Balaban J connectivity index is 1.92. The van der Waals surface area contributed by atoms with Crippen molar-refractivity contribution in [1.82, 2.24) is 4.90 Å². The lowest BCUT2D eigenvalue weighted by Gasteiger charge is -2.35. The van der Waals surface area contributed by atoms with Gasteiger partial charge in [-0.3, -0.25) is 4.79 Å². The number of benzene rings is 1. The van der Waals surface area contributed by atoms with Gasteiger partial charge < -0.3 is 10.6 Å². The van der Waals surface area contributed by atoms with Crippen LogP contribution in [0.3, 0.4) is 0 Å². The number of piperidine rings is 1. The Morgan fingerprint density at radius 3 is 2.89 bits per heavy atom. The zero-order valence-electron chi connectivity index (χ0n) is 11.1. The molecule has 2 rings (SSSR count). The molecule has 4 heteroatoms. The van der Waals surface area contributed by atoms with E-state index in [0.717, 1.165) is 30.0 Å². The standard InChI is InChI=1S/C15H21ClN2O/c16-14-7-2-1-5-12(14)8-9-15(19)18-10-4-3-6-13(18)11-17/h1-2,5,7,13H,3-4,6,8-11,17H2. The molecule has 1 saturated heterocycles. The average Bonchev–Trinajstić information content (AvgIpc) is 2.46. The van der Waals surface area contributed by atoms with E-state index in [-0.39, 0.29) is 11.9 Å². The van der Waals surface area contributed by atoms with E-state index in [0.29, 0.717) is 19.4 Å². The van der Waals surface area contributed by atoms with Gasteiger partial charge in [0.05, 0.1) is 0 Å². The molecule has 1 amide bonds. The molecule has 1 aliphatic rings. The molecule has 1 aromatic rings. The summed E-state index contributed by atoms with van der Waals surface area (Å²) in [5, 5.41) is 0.740. The Morgan fingerprint density at radius 2 is 2.16 bits per heavy atom. The van der Waals surface area contributed by atoms with Crippen LogP contribution in [-0.4, -0.2) is 29.9 Å². The summed E-state index contributed by atoms with van der Waals surface area (Å²) in [5.41, 5.74) is 6.79. The van der Waals surface area contributed by atoms with Gasteiger partial charge in [0.15, 0.2) is 0 Å². The molecule has 0 aliphatic carbocycles. The molecule has 0 saturated carbocycles. The first-order chi connectivity index (χ1) is 9.22. The van der Waals surface area contributed by atoms with Crippen molar-refractivity contribution >= 4 is 17.5 Å². The topological polar surface area (TPSA) is 46.3 Å². The van der Waals surface area contributed by atoms with Crippen molar-refractivity contribution in [3.8, 4) is 0 Å². The van der Waals surface area contributed by atoms with E-state index in [2.05, 4.69) is 0 Å². The minimum atomic E-state index is 0.204. The number of carbonyl (C=O) groups excluding carboxylic acids is 1. The molecular weight excluding hydrogens is 260 g/mol. The average molecular weight is 281 g/mol. The number of nitrogens with two attached hydrogens (primary N) is 1. The fraction of sp³-hybridized carbons (Fsp3) is 0.533. The maximum atomic E-state index is 12.3. The number of rotatable bonds is 4. The minimum absolute atomic E-state index is 0.204. The van der Waals surface area contributed by atoms with Crippen molar-refractivity contribution in [2.75, 3.05) is 13.1 Å². The SMILES string of the molecule is NCC1CCCCN1C(=O)CCc1ccccc1Cl. The van der Waals surface area contributed by atoms with E-state index in [1.807, 2.05) is 29.2 Å². The highest BCUT2D eigenvalue weighted by atomic mass is 35.5. The zero-order chi connectivity index (χ0) is 13.7. The largest absolute Gasteiger partial charge is 0.338 e. The monoisotopic (exact) mass is 280 g/mol. The van der Waals surface area contributed by atoms with Crippen molar-refractivity contribution in [2.45, 2.75) is 38.1 Å². The van der Waals surface area contributed by atoms with Crippen LogP contribution in [0, 0.1) is 0 Å². The molecule has 1 aliphatic heterocycles. The number of likely N-dealkylation sites (tertiary alicyclic amines) is 1. The van der Waals surface area contributed by atoms with Crippen molar-refractivity contribution in [1.29, 1.82) is 0 Å². The molecule has 3 nitrogen and oxygen atoms in total. The third kappa shape index (κ3) is 3.71. The number of hydrogen-bond donors (Lipinski definition) is 1.